The van der Waals surface area contributed by atoms with E-state index in [4.69, 9.17) is 8.83 Å². The van der Waals surface area contributed by atoms with Gasteiger partial charge < -0.3 is 8.83 Å². The van der Waals surface area contributed by atoms with Gasteiger partial charge in [0.1, 0.15) is 22.2 Å². The Bertz CT molecular complexity index is 2570. The fourth-order valence-electron chi connectivity index (χ4n) is 7.57. The molecule has 2 heterocycles. The maximum atomic E-state index is 7.30. The molecule has 0 aliphatic heterocycles. The van der Waals surface area contributed by atoms with Gasteiger partial charge in [-0.25, -0.2) is 0 Å². The molecular formula is C48H32O2P2. The van der Waals surface area contributed by atoms with Crippen LogP contribution < -0.4 is 32.2 Å². The summed E-state index contributed by atoms with van der Waals surface area (Å²) in [6.45, 7) is 0. The van der Waals surface area contributed by atoms with Crippen LogP contribution in [0.3, 0.4) is 0 Å². The molecule has 2 nitrogen and oxygen atoms in total. The van der Waals surface area contributed by atoms with E-state index in [0.717, 1.165) is 44.1 Å². The third-order valence-corrected chi connectivity index (χ3v) is 14.5. The molecular weight excluding hydrogens is 670 g/mol. The van der Waals surface area contributed by atoms with Gasteiger partial charge in [-0.05, 0) is 54.9 Å². The van der Waals surface area contributed by atoms with E-state index in [1.807, 2.05) is 0 Å². The van der Waals surface area contributed by atoms with Crippen molar-refractivity contribution in [3.8, 4) is 11.1 Å². The zero-order chi connectivity index (χ0) is 34.4. The van der Waals surface area contributed by atoms with Crippen molar-refractivity contribution in [2.24, 2.45) is 0 Å². The molecule has 10 aromatic rings. The summed E-state index contributed by atoms with van der Waals surface area (Å²) in [4.78, 5) is 0. The smallest absolute Gasteiger partial charge is 0.143 e. The van der Waals surface area contributed by atoms with Gasteiger partial charge in [-0.2, -0.15) is 0 Å². The van der Waals surface area contributed by atoms with E-state index in [1.54, 1.807) is 0 Å². The molecule has 0 N–H and O–H groups in total. The summed E-state index contributed by atoms with van der Waals surface area (Å²) in [5, 5.41) is 11.9. The van der Waals surface area contributed by atoms with Gasteiger partial charge in [-0.3, -0.25) is 0 Å². The maximum absolute atomic E-state index is 7.30. The lowest BCUT2D eigenvalue weighted by Crippen LogP contribution is -2.24. The average Bonchev–Trinajstić information content (AvgIpc) is 3.78. The van der Waals surface area contributed by atoms with Crippen LogP contribution in [0.25, 0.3) is 54.6 Å². The molecule has 0 radical (unpaired) electrons. The number of fused-ring (bicyclic) bond motifs is 6. The lowest BCUT2D eigenvalue weighted by Gasteiger charge is -2.21. The van der Waals surface area contributed by atoms with E-state index < -0.39 is 15.8 Å². The van der Waals surface area contributed by atoms with E-state index in [0.29, 0.717) is 0 Å². The zero-order valence-electron chi connectivity index (χ0n) is 28.2. The highest BCUT2D eigenvalue weighted by molar-refractivity contribution is 7.80. The van der Waals surface area contributed by atoms with Gasteiger partial charge in [0.25, 0.3) is 0 Å². The van der Waals surface area contributed by atoms with Gasteiger partial charge >= 0.3 is 0 Å². The van der Waals surface area contributed by atoms with Crippen LogP contribution in [-0.2, 0) is 0 Å². The van der Waals surface area contributed by atoms with Crippen molar-refractivity contribution in [3.63, 3.8) is 0 Å². The summed E-state index contributed by atoms with van der Waals surface area (Å²) in [5.74, 6) is 0. The van der Waals surface area contributed by atoms with Gasteiger partial charge in [-0.15, -0.1) is 0 Å². The zero-order valence-corrected chi connectivity index (χ0v) is 30.0. The van der Waals surface area contributed by atoms with Crippen LogP contribution in [0.1, 0.15) is 0 Å². The average molecular weight is 703 g/mol. The summed E-state index contributed by atoms with van der Waals surface area (Å²) in [7, 11) is -2.23. The van der Waals surface area contributed by atoms with Crippen LogP contribution >= 0.6 is 15.8 Å². The normalized spacial score (nSPS) is 11.8. The summed E-state index contributed by atoms with van der Waals surface area (Å²) >= 11 is 0. The summed E-state index contributed by atoms with van der Waals surface area (Å²) in [6.07, 6.45) is 0. The molecule has 10 rings (SSSR count). The Labute approximate surface area is 304 Å². The Balaban J connectivity index is 1.43. The number of rotatable bonds is 7. The Morgan fingerprint density at radius 3 is 0.942 bits per heavy atom. The largest absolute Gasteiger partial charge is 0.455 e. The second kappa shape index (κ2) is 13.1. The topological polar surface area (TPSA) is 26.3 Å². The van der Waals surface area contributed by atoms with Gasteiger partial charge in [-0.1, -0.05) is 182 Å². The summed E-state index contributed by atoms with van der Waals surface area (Å²) in [6, 6.07) is 69.6. The Morgan fingerprint density at radius 2 is 0.596 bits per heavy atom. The SMILES string of the molecule is c1ccc(P(c2ccccc2)c2oc3ccc4ccccc4c3c2-c2c(P(c3ccccc3)c3ccccc3)oc3ccc4ccccc4c23)cc1. The van der Waals surface area contributed by atoms with Crippen LogP contribution in [0.15, 0.2) is 203 Å². The monoisotopic (exact) mass is 702 g/mol. The maximum Gasteiger partial charge on any atom is 0.143 e. The number of hydrogen-bond acceptors (Lipinski definition) is 2. The fourth-order valence-corrected chi connectivity index (χ4v) is 12.3. The minimum atomic E-state index is -1.11. The van der Waals surface area contributed by atoms with Crippen molar-refractivity contribution in [3.05, 3.63) is 194 Å². The molecule has 0 fully saturated rings. The molecule has 52 heavy (non-hydrogen) atoms. The molecule has 0 atom stereocenters. The highest BCUT2D eigenvalue weighted by Crippen LogP contribution is 2.50. The van der Waals surface area contributed by atoms with Crippen LogP contribution in [-0.4, -0.2) is 0 Å². The predicted octanol–water partition coefficient (Wildman–Crippen LogP) is 10.7. The molecule has 2 aromatic heterocycles. The van der Waals surface area contributed by atoms with Crippen molar-refractivity contribution in [1.29, 1.82) is 0 Å². The molecule has 0 unspecified atom stereocenters. The molecule has 0 aliphatic rings. The number of hydrogen-bond donors (Lipinski definition) is 0. The highest BCUT2D eigenvalue weighted by Gasteiger charge is 2.35. The quantitative estimate of drug-likeness (QED) is 0.155. The lowest BCUT2D eigenvalue weighted by atomic mass is 9.96. The number of benzene rings is 8. The van der Waals surface area contributed by atoms with Gasteiger partial charge in [0.15, 0.2) is 0 Å². The molecule has 0 aliphatic carbocycles. The first-order valence-corrected chi connectivity index (χ1v) is 20.2. The van der Waals surface area contributed by atoms with Gasteiger partial charge in [0, 0.05) is 37.7 Å². The molecule has 0 saturated carbocycles. The number of furan rings is 2. The minimum Gasteiger partial charge on any atom is -0.455 e. The Hall–Kier alpha value is -5.78. The molecule has 0 amide bonds. The first kappa shape index (κ1) is 31.0. The van der Waals surface area contributed by atoms with Crippen molar-refractivity contribution in [2.75, 3.05) is 0 Å². The Morgan fingerprint density at radius 1 is 0.288 bits per heavy atom. The van der Waals surface area contributed by atoms with Crippen LogP contribution in [0.5, 0.6) is 0 Å². The van der Waals surface area contributed by atoms with Gasteiger partial charge in [0.2, 0.25) is 0 Å². The fraction of sp³-hybridized carbons (Fsp3) is 0. The van der Waals surface area contributed by atoms with E-state index in [9.17, 15) is 0 Å². The van der Waals surface area contributed by atoms with Crippen LogP contribution in [0.2, 0.25) is 0 Å². The predicted molar refractivity (Wildman–Crippen MR) is 224 cm³/mol. The lowest BCUT2D eigenvalue weighted by molar-refractivity contribution is 0.652. The highest BCUT2D eigenvalue weighted by atomic mass is 31.1. The van der Waals surface area contributed by atoms with Gasteiger partial charge in [0.05, 0.1) is 0 Å². The van der Waals surface area contributed by atoms with E-state index >= 15 is 0 Å². The molecule has 8 aromatic carbocycles. The first-order chi connectivity index (χ1) is 25.8. The second-order valence-electron chi connectivity index (χ2n) is 12.9. The van der Waals surface area contributed by atoms with Crippen molar-refractivity contribution in [2.45, 2.75) is 0 Å². The second-order valence-corrected chi connectivity index (χ2v) is 17.1. The van der Waals surface area contributed by atoms with Crippen LogP contribution in [0, 0.1) is 0 Å². The standard InChI is InChI=1S/C48H32O2P2/c1-5-19-35(20-6-1)51(36-21-7-2-8-22-36)47-45(43-39-27-15-13-17-33(39)29-31-41(43)49-47)46-44-40-28-16-14-18-34(40)30-32-42(44)50-48(46)52(37-23-9-3-10-24-37)38-25-11-4-12-26-38/h1-32H. The third-order valence-electron chi connectivity index (χ3n) is 9.84. The molecule has 0 bridgehead atoms. The molecule has 246 valence electrons. The van der Waals surface area contributed by atoms with Crippen molar-refractivity contribution in [1.82, 2.24) is 0 Å². The van der Waals surface area contributed by atoms with Crippen LogP contribution in [0.4, 0.5) is 0 Å². The van der Waals surface area contributed by atoms with Crippen molar-refractivity contribution < 1.29 is 8.83 Å². The van der Waals surface area contributed by atoms with E-state index in [-0.39, 0.29) is 0 Å². The molecule has 4 heteroatoms. The minimum absolute atomic E-state index is 0.882. The van der Waals surface area contributed by atoms with E-state index in [2.05, 4.69) is 194 Å². The first-order valence-electron chi connectivity index (χ1n) is 17.5. The molecule has 0 spiro atoms. The van der Waals surface area contributed by atoms with E-state index in [1.165, 1.54) is 42.8 Å². The summed E-state index contributed by atoms with van der Waals surface area (Å²) in [5.41, 5.74) is 5.96. The molecule has 0 saturated heterocycles. The van der Waals surface area contributed by atoms with Crippen molar-refractivity contribution >= 4 is 91.5 Å². The third kappa shape index (κ3) is 5.18. The summed E-state index contributed by atoms with van der Waals surface area (Å²) < 4.78 is 14.6. The Kier molecular flexibility index (Phi) is 7.80.